The van der Waals surface area contributed by atoms with E-state index < -0.39 is 6.04 Å². The van der Waals surface area contributed by atoms with Crippen molar-refractivity contribution in [3.05, 3.63) is 0 Å². The summed E-state index contributed by atoms with van der Waals surface area (Å²) in [6, 6.07) is -0.546. The quantitative estimate of drug-likeness (QED) is 0.0987. The van der Waals surface area contributed by atoms with Crippen molar-refractivity contribution in [2.24, 2.45) is 11.8 Å². The molecule has 0 saturated carbocycles. The topological polar surface area (TPSA) is 94.3 Å². The van der Waals surface area contributed by atoms with Gasteiger partial charge in [-0.3, -0.25) is 9.59 Å². The lowest BCUT2D eigenvalue weighted by molar-refractivity contribution is -0.128. The molecule has 0 spiro atoms. The first-order chi connectivity index (χ1) is 16.0. The Bertz CT molecular complexity index is 547. The molecule has 11 heteroatoms. The molecule has 0 aromatic heterocycles. The van der Waals surface area contributed by atoms with Gasteiger partial charge in [-0.2, -0.15) is 50.5 Å². The molecule has 0 aromatic rings. The first kappa shape index (κ1) is 37.4. The van der Waals surface area contributed by atoms with Gasteiger partial charge in [0.2, 0.25) is 11.8 Å². The Balaban J connectivity index is 0. The zero-order valence-corrected chi connectivity index (χ0v) is 26.6. The van der Waals surface area contributed by atoms with Gasteiger partial charge >= 0.3 is 0 Å². The third-order valence-electron chi connectivity index (χ3n) is 4.71. The fraction of sp³-hybridized carbons (Fsp3) is 0.917. The molecule has 0 aliphatic heterocycles. The maximum absolute atomic E-state index is 11.6. The highest BCUT2D eigenvalue weighted by Crippen LogP contribution is 2.13. The van der Waals surface area contributed by atoms with Gasteiger partial charge in [0.15, 0.2) is 0 Å². The smallest absolute Gasteiger partial charge is 0.243 e. The SMILES string of the molecule is CC(C)C(CNCC(C)(C)S)CNCC(C)(C)S.CC(C)NC(=O)C(CS)NC(=O)CNCCS. The maximum atomic E-state index is 11.6. The van der Waals surface area contributed by atoms with E-state index in [1.807, 2.05) is 13.8 Å². The second kappa shape index (κ2) is 20.2. The van der Waals surface area contributed by atoms with E-state index >= 15 is 0 Å². The number of nitrogens with one attached hydrogen (secondary N) is 5. The molecule has 0 aliphatic rings. The van der Waals surface area contributed by atoms with Crippen LogP contribution in [0.2, 0.25) is 0 Å². The summed E-state index contributed by atoms with van der Waals surface area (Å²) in [5, 5.41) is 15.3. The lowest BCUT2D eigenvalue weighted by Gasteiger charge is -2.26. The molecule has 0 radical (unpaired) electrons. The molecule has 0 bridgehead atoms. The van der Waals surface area contributed by atoms with Crippen LogP contribution in [0.5, 0.6) is 0 Å². The minimum absolute atomic E-state index is 0.0455. The van der Waals surface area contributed by atoms with Crippen molar-refractivity contribution < 1.29 is 9.59 Å². The average Bonchev–Trinajstić information content (AvgIpc) is 2.69. The van der Waals surface area contributed by atoms with Gasteiger partial charge in [-0.05, 0) is 66.5 Å². The van der Waals surface area contributed by atoms with E-state index in [4.69, 9.17) is 0 Å². The van der Waals surface area contributed by atoms with E-state index in [0.717, 1.165) is 26.2 Å². The monoisotopic (exact) mass is 571 g/mol. The van der Waals surface area contributed by atoms with Crippen LogP contribution in [-0.4, -0.2) is 84.2 Å². The summed E-state index contributed by atoms with van der Waals surface area (Å²) >= 11 is 17.1. The van der Waals surface area contributed by atoms with Crippen LogP contribution in [0.15, 0.2) is 0 Å². The first-order valence-electron chi connectivity index (χ1n) is 12.4. The Kier molecular flexibility index (Phi) is 21.6. The zero-order chi connectivity index (χ0) is 27.7. The van der Waals surface area contributed by atoms with Crippen LogP contribution in [0.4, 0.5) is 0 Å². The second-order valence-corrected chi connectivity index (χ2v) is 14.0. The van der Waals surface area contributed by atoms with Crippen LogP contribution in [0.3, 0.4) is 0 Å². The van der Waals surface area contributed by atoms with Crippen LogP contribution in [0, 0.1) is 11.8 Å². The summed E-state index contributed by atoms with van der Waals surface area (Å²) in [6.45, 7) is 21.6. The Labute approximate surface area is 237 Å². The van der Waals surface area contributed by atoms with E-state index in [0.29, 0.717) is 24.1 Å². The highest BCUT2D eigenvalue weighted by Gasteiger charge is 2.19. The Morgan fingerprint density at radius 3 is 1.63 bits per heavy atom. The molecular formula is C24H53N5O2S4. The largest absolute Gasteiger partial charge is 0.352 e. The van der Waals surface area contributed by atoms with Gasteiger partial charge in [-0.15, -0.1) is 0 Å². The summed E-state index contributed by atoms with van der Waals surface area (Å²) in [5.74, 6) is 1.84. The Morgan fingerprint density at radius 2 is 1.29 bits per heavy atom. The van der Waals surface area contributed by atoms with Crippen molar-refractivity contribution in [2.45, 2.75) is 77.0 Å². The van der Waals surface area contributed by atoms with Crippen LogP contribution in [0.25, 0.3) is 0 Å². The molecule has 1 atom stereocenters. The number of thiol groups is 4. The van der Waals surface area contributed by atoms with Crippen molar-refractivity contribution in [3.63, 3.8) is 0 Å². The van der Waals surface area contributed by atoms with E-state index in [9.17, 15) is 9.59 Å². The van der Waals surface area contributed by atoms with E-state index in [1.54, 1.807) is 0 Å². The first-order valence-corrected chi connectivity index (χ1v) is 14.6. The third kappa shape index (κ3) is 25.6. The second-order valence-electron chi connectivity index (χ2n) is 10.8. The van der Waals surface area contributed by atoms with Crippen molar-refractivity contribution in [1.82, 2.24) is 26.6 Å². The number of hydrogen-bond acceptors (Lipinski definition) is 9. The highest BCUT2D eigenvalue weighted by molar-refractivity contribution is 7.82. The molecule has 5 N–H and O–H groups in total. The van der Waals surface area contributed by atoms with E-state index in [-0.39, 0.29) is 39.6 Å². The van der Waals surface area contributed by atoms with Crippen molar-refractivity contribution >= 4 is 62.3 Å². The van der Waals surface area contributed by atoms with Crippen molar-refractivity contribution in [1.29, 1.82) is 0 Å². The minimum atomic E-state index is -0.592. The lowest BCUT2D eigenvalue weighted by Crippen LogP contribution is -2.51. The third-order valence-corrected chi connectivity index (χ3v) is 5.62. The standard InChI is InChI=1S/C14H32N2S2.C10H21N3O2S2/c1-11(2)12(7-15-9-13(3,4)17)8-16-10-14(5,6)18;1-7(2)12-10(15)8(6-17)13-9(14)5-11-3-4-16/h11-12,15-18H,7-10H2,1-6H3;7-8,11,16-17H,3-6H2,1-2H3,(H,12,15)(H,13,14). The molecule has 7 nitrogen and oxygen atoms in total. The zero-order valence-electron chi connectivity index (χ0n) is 23.1. The molecule has 1 unspecified atom stereocenters. The number of amides is 2. The fourth-order valence-corrected chi connectivity index (χ4v) is 3.41. The van der Waals surface area contributed by atoms with Crippen LogP contribution in [-0.2, 0) is 9.59 Å². The normalized spacial score (nSPS) is 13.0. The minimum Gasteiger partial charge on any atom is -0.352 e. The fourth-order valence-electron chi connectivity index (χ4n) is 2.78. The molecule has 0 saturated heterocycles. The van der Waals surface area contributed by atoms with Gasteiger partial charge in [-0.1, -0.05) is 13.8 Å². The molecule has 2 amide bonds. The number of rotatable bonds is 17. The molecule has 0 rings (SSSR count). The molecule has 0 aromatic carbocycles. The Morgan fingerprint density at radius 1 is 0.800 bits per heavy atom. The van der Waals surface area contributed by atoms with E-state index in [2.05, 4.69) is 119 Å². The predicted molar refractivity (Wildman–Crippen MR) is 166 cm³/mol. The van der Waals surface area contributed by atoms with Gasteiger partial charge < -0.3 is 26.6 Å². The number of carbonyl (C=O) groups is 2. The van der Waals surface area contributed by atoms with Gasteiger partial charge in [0.1, 0.15) is 6.04 Å². The molecule has 0 aliphatic carbocycles. The Hall–Kier alpha value is 0.220. The summed E-state index contributed by atoms with van der Waals surface area (Å²) in [5.41, 5.74) is 0. The van der Waals surface area contributed by atoms with Crippen molar-refractivity contribution in [2.75, 3.05) is 50.8 Å². The molecular weight excluding hydrogens is 519 g/mol. The van der Waals surface area contributed by atoms with Gasteiger partial charge in [0.25, 0.3) is 0 Å². The number of carbonyl (C=O) groups excluding carboxylic acids is 2. The van der Waals surface area contributed by atoms with Crippen LogP contribution in [0.1, 0.15) is 55.4 Å². The molecule has 0 heterocycles. The summed E-state index contributed by atoms with van der Waals surface area (Å²) < 4.78 is 0.115. The maximum Gasteiger partial charge on any atom is 0.243 e. The summed E-state index contributed by atoms with van der Waals surface area (Å²) in [4.78, 5) is 23.1. The molecule has 210 valence electrons. The summed E-state index contributed by atoms with van der Waals surface area (Å²) in [7, 11) is 0. The van der Waals surface area contributed by atoms with Crippen LogP contribution < -0.4 is 26.6 Å². The van der Waals surface area contributed by atoms with Gasteiger partial charge in [0, 0.05) is 46.7 Å². The lowest BCUT2D eigenvalue weighted by atomic mass is 9.95. The molecule has 35 heavy (non-hydrogen) atoms. The average molecular weight is 572 g/mol. The van der Waals surface area contributed by atoms with Gasteiger partial charge in [-0.25, -0.2) is 0 Å². The van der Waals surface area contributed by atoms with Gasteiger partial charge in [0.05, 0.1) is 6.54 Å². The van der Waals surface area contributed by atoms with Crippen molar-refractivity contribution in [3.8, 4) is 0 Å². The summed E-state index contributed by atoms with van der Waals surface area (Å²) in [6.07, 6.45) is 0. The van der Waals surface area contributed by atoms with E-state index in [1.165, 1.54) is 0 Å². The predicted octanol–water partition coefficient (Wildman–Crippen LogP) is 2.30. The van der Waals surface area contributed by atoms with Crippen LogP contribution >= 0.6 is 50.5 Å². The molecule has 0 fully saturated rings. The number of hydrogen-bond donors (Lipinski definition) is 9. The highest BCUT2D eigenvalue weighted by atomic mass is 32.1.